The molecule has 1 aromatic heterocycles. The highest BCUT2D eigenvalue weighted by molar-refractivity contribution is 5.78. The van der Waals surface area contributed by atoms with Gasteiger partial charge in [-0.2, -0.15) is 5.26 Å². The number of piperidine rings is 1. The van der Waals surface area contributed by atoms with E-state index in [-0.39, 0.29) is 0 Å². The Morgan fingerprint density at radius 2 is 2.26 bits per heavy atom. The lowest BCUT2D eigenvalue weighted by Crippen LogP contribution is -2.50. The molecule has 2 rings (SSSR count). The van der Waals surface area contributed by atoms with Crippen LogP contribution in [0.1, 0.15) is 18.4 Å². The van der Waals surface area contributed by atoms with E-state index >= 15 is 0 Å². The first-order valence-corrected chi connectivity index (χ1v) is 6.00. The zero-order valence-electron chi connectivity index (χ0n) is 10.7. The molecule has 0 amide bonds. The topological polar surface area (TPSA) is 86.5 Å². The van der Waals surface area contributed by atoms with Crippen molar-refractivity contribution in [1.82, 2.24) is 4.98 Å². The summed E-state index contributed by atoms with van der Waals surface area (Å²) >= 11 is 0. The number of carboxylic acids is 1. The van der Waals surface area contributed by atoms with Crippen LogP contribution in [0.25, 0.3) is 0 Å². The maximum absolute atomic E-state index is 11.3. The molecule has 6 nitrogen and oxygen atoms in total. The minimum atomic E-state index is -1.11. The Hall–Kier alpha value is -2.13. The Morgan fingerprint density at radius 3 is 2.79 bits per heavy atom. The molecule has 1 N–H and O–H groups in total. The number of pyridine rings is 1. The first kappa shape index (κ1) is 13.3. The Labute approximate surface area is 111 Å². The first-order valence-electron chi connectivity index (χ1n) is 6.00. The van der Waals surface area contributed by atoms with Crippen LogP contribution in [0.2, 0.25) is 0 Å². The van der Waals surface area contributed by atoms with Crippen molar-refractivity contribution in [3.05, 3.63) is 24.0 Å². The van der Waals surface area contributed by atoms with Gasteiger partial charge < -0.3 is 14.7 Å². The molecule has 0 spiro atoms. The summed E-state index contributed by atoms with van der Waals surface area (Å²) in [5, 5.41) is 18.3. The molecule has 1 aliphatic rings. The Bertz CT molecular complexity index is 516. The standard InChI is InChI=1S/C13H15N3O3/c1-19-13(12(17)18)3-6-16(7-4-13)11-9-15-5-2-10(11)8-14/h2,5,9H,3-4,6-7H2,1H3,(H,17,18). The molecule has 0 aliphatic carbocycles. The maximum atomic E-state index is 11.3. The second-order valence-corrected chi connectivity index (χ2v) is 4.50. The maximum Gasteiger partial charge on any atom is 0.336 e. The molecule has 0 bridgehead atoms. The monoisotopic (exact) mass is 261 g/mol. The average Bonchev–Trinajstić information content (AvgIpc) is 2.47. The van der Waals surface area contributed by atoms with Gasteiger partial charge in [0.25, 0.3) is 0 Å². The van der Waals surface area contributed by atoms with E-state index in [0.717, 1.165) is 5.69 Å². The van der Waals surface area contributed by atoms with Crippen molar-refractivity contribution in [2.75, 3.05) is 25.1 Å². The molecule has 6 heteroatoms. The molecule has 1 saturated heterocycles. The number of hydrogen-bond donors (Lipinski definition) is 1. The Morgan fingerprint density at radius 1 is 1.58 bits per heavy atom. The van der Waals surface area contributed by atoms with Gasteiger partial charge in [0.2, 0.25) is 0 Å². The third kappa shape index (κ3) is 2.37. The van der Waals surface area contributed by atoms with Crippen LogP contribution in [0.5, 0.6) is 0 Å². The minimum Gasteiger partial charge on any atom is -0.479 e. The predicted molar refractivity (Wildman–Crippen MR) is 67.8 cm³/mol. The van der Waals surface area contributed by atoms with Crippen LogP contribution in [0, 0.1) is 11.3 Å². The number of nitriles is 1. The second-order valence-electron chi connectivity index (χ2n) is 4.50. The van der Waals surface area contributed by atoms with Gasteiger partial charge in [-0.15, -0.1) is 0 Å². The van der Waals surface area contributed by atoms with Crippen molar-refractivity contribution in [2.24, 2.45) is 0 Å². The van der Waals surface area contributed by atoms with Gasteiger partial charge in [-0.1, -0.05) is 0 Å². The molecule has 1 aliphatic heterocycles. The van der Waals surface area contributed by atoms with Crippen molar-refractivity contribution in [3.63, 3.8) is 0 Å². The van der Waals surface area contributed by atoms with Crippen LogP contribution in [-0.4, -0.2) is 41.9 Å². The summed E-state index contributed by atoms with van der Waals surface area (Å²) in [6.45, 7) is 1.06. The van der Waals surface area contributed by atoms with Crippen LogP contribution in [0.4, 0.5) is 5.69 Å². The van der Waals surface area contributed by atoms with Crippen molar-refractivity contribution in [3.8, 4) is 6.07 Å². The van der Waals surface area contributed by atoms with E-state index < -0.39 is 11.6 Å². The van der Waals surface area contributed by atoms with Crippen LogP contribution in [0.15, 0.2) is 18.5 Å². The highest BCUT2D eigenvalue weighted by atomic mass is 16.5. The number of hydrogen-bond acceptors (Lipinski definition) is 5. The number of aromatic nitrogens is 1. The molecule has 0 unspecified atom stereocenters. The molecule has 2 heterocycles. The molecule has 0 atom stereocenters. The third-order valence-corrected chi connectivity index (χ3v) is 3.61. The van der Waals surface area contributed by atoms with E-state index in [2.05, 4.69) is 11.1 Å². The first-order chi connectivity index (χ1) is 9.13. The van der Waals surface area contributed by atoms with Crippen LogP contribution < -0.4 is 4.90 Å². The molecular formula is C13H15N3O3. The number of nitrogens with zero attached hydrogens (tertiary/aromatic N) is 3. The lowest BCUT2D eigenvalue weighted by molar-refractivity contribution is -0.164. The minimum absolute atomic E-state index is 0.387. The molecule has 0 radical (unpaired) electrons. The Kier molecular flexibility index (Phi) is 3.67. The van der Waals surface area contributed by atoms with E-state index in [9.17, 15) is 9.90 Å². The molecule has 0 saturated carbocycles. The lowest BCUT2D eigenvalue weighted by atomic mass is 9.91. The summed E-state index contributed by atoms with van der Waals surface area (Å²) in [6, 6.07) is 3.78. The zero-order chi connectivity index (χ0) is 13.9. The summed E-state index contributed by atoms with van der Waals surface area (Å²) in [6.07, 6.45) is 3.99. The van der Waals surface area contributed by atoms with Crippen LogP contribution in [0.3, 0.4) is 0 Å². The fraction of sp³-hybridized carbons (Fsp3) is 0.462. The number of carbonyl (C=O) groups is 1. The molecular weight excluding hydrogens is 246 g/mol. The van der Waals surface area contributed by atoms with Gasteiger partial charge in [-0.25, -0.2) is 4.79 Å². The van der Waals surface area contributed by atoms with Gasteiger partial charge in [-0.05, 0) is 6.07 Å². The molecule has 1 aromatic rings. The predicted octanol–water partition coefficient (Wildman–Crippen LogP) is 1.02. The van der Waals surface area contributed by atoms with Crippen molar-refractivity contribution >= 4 is 11.7 Å². The third-order valence-electron chi connectivity index (χ3n) is 3.61. The number of ether oxygens (including phenoxy) is 1. The van der Waals surface area contributed by atoms with Gasteiger partial charge in [0, 0.05) is 39.2 Å². The largest absolute Gasteiger partial charge is 0.479 e. The van der Waals surface area contributed by atoms with Crippen molar-refractivity contribution < 1.29 is 14.6 Å². The summed E-state index contributed by atoms with van der Waals surface area (Å²) in [4.78, 5) is 17.3. The average molecular weight is 261 g/mol. The quantitative estimate of drug-likeness (QED) is 0.874. The van der Waals surface area contributed by atoms with Crippen LogP contribution >= 0.6 is 0 Å². The molecule has 100 valence electrons. The molecule has 19 heavy (non-hydrogen) atoms. The normalized spacial score (nSPS) is 17.8. The van der Waals surface area contributed by atoms with Gasteiger partial charge in [0.1, 0.15) is 6.07 Å². The van der Waals surface area contributed by atoms with E-state index in [1.807, 2.05) is 4.90 Å². The van der Waals surface area contributed by atoms with E-state index in [4.69, 9.17) is 10.00 Å². The fourth-order valence-corrected chi connectivity index (χ4v) is 2.35. The second kappa shape index (κ2) is 5.24. The fourth-order valence-electron chi connectivity index (χ4n) is 2.35. The SMILES string of the molecule is COC1(C(=O)O)CCN(c2cnccc2C#N)CC1. The van der Waals surface area contributed by atoms with E-state index in [1.54, 1.807) is 18.5 Å². The highest BCUT2D eigenvalue weighted by Crippen LogP contribution is 2.30. The van der Waals surface area contributed by atoms with Crippen molar-refractivity contribution in [1.29, 1.82) is 5.26 Å². The molecule has 0 aromatic carbocycles. The van der Waals surface area contributed by atoms with Gasteiger partial charge >= 0.3 is 5.97 Å². The summed E-state index contributed by atoms with van der Waals surface area (Å²) < 4.78 is 5.17. The van der Waals surface area contributed by atoms with Crippen LogP contribution in [-0.2, 0) is 9.53 Å². The smallest absolute Gasteiger partial charge is 0.336 e. The summed E-state index contributed by atoms with van der Waals surface area (Å²) in [5.74, 6) is -0.929. The number of carboxylic acid groups (broad SMARTS) is 1. The number of methoxy groups -OCH3 is 1. The Balaban J connectivity index is 2.16. The van der Waals surface area contributed by atoms with E-state index in [0.29, 0.717) is 31.5 Å². The van der Waals surface area contributed by atoms with Gasteiger partial charge in [0.15, 0.2) is 5.60 Å². The zero-order valence-corrected chi connectivity index (χ0v) is 10.7. The van der Waals surface area contributed by atoms with Gasteiger partial charge in [-0.3, -0.25) is 4.98 Å². The number of aliphatic carboxylic acids is 1. The summed E-state index contributed by atoms with van der Waals surface area (Å²) in [5.41, 5.74) is 0.196. The van der Waals surface area contributed by atoms with E-state index in [1.165, 1.54) is 7.11 Å². The van der Waals surface area contributed by atoms with Crippen molar-refractivity contribution in [2.45, 2.75) is 18.4 Å². The lowest BCUT2D eigenvalue weighted by Gasteiger charge is -2.38. The highest BCUT2D eigenvalue weighted by Gasteiger charge is 2.42. The number of anilines is 1. The van der Waals surface area contributed by atoms with Gasteiger partial charge in [0.05, 0.1) is 17.4 Å². The molecule has 1 fully saturated rings. The summed E-state index contributed by atoms with van der Waals surface area (Å²) in [7, 11) is 1.43. The number of rotatable bonds is 3.